The Labute approximate surface area is 66.3 Å². The van der Waals surface area contributed by atoms with Crippen LogP contribution in [0.15, 0.2) is 11.6 Å². The minimum absolute atomic E-state index is 0.101. The third-order valence-electron chi connectivity index (χ3n) is 2.07. The lowest BCUT2D eigenvalue weighted by Crippen LogP contribution is -2.05. The summed E-state index contributed by atoms with van der Waals surface area (Å²) in [5, 5.41) is 0. The first kappa shape index (κ1) is 8.18. The van der Waals surface area contributed by atoms with Crippen molar-refractivity contribution in [3.05, 3.63) is 11.6 Å². The van der Waals surface area contributed by atoms with Gasteiger partial charge in [-0.05, 0) is 30.9 Å². The van der Waals surface area contributed by atoms with Crippen molar-refractivity contribution >= 4 is 12.1 Å². The van der Waals surface area contributed by atoms with Gasteiger partial charge in [0.25, 0.3) is 0 Å². The van der Waals surface area contributed by atoms with Crippen LogP contribution in [0.1, 0.15) is 26.2 Å². The average molecular weight is 152 g/mol. The van der Waals surface area contributed by atoms with Gasteiger partial charge in [-0.2, -0.15) is 0 Å². The maximum absolute atomic E-state index is 11.1. The molecule has 11 heavy (non-hydrogen) atoms. The van der Waals surface area contributed by atoms with E-state index in [1.54, 1.807) is 0 Å². The van der Waals surface area contributed by atoms with E-state index < -0.39 is 0 Å². The summed E-state index contributed by atoms with van der Waals surface area (Å²) < 4.78 is 0. The third-order valence-corrected chi connectivity index (χ3v) is 2.07. The van der Waals surface area contributed by atoms with Crippen LogP contribution < -0.4 is 0 Å². The molecule has 1 atom stereocenters. The highest BCUT2D eigenvalue weighted by molar-refractivity contribution is 5.96. The summed E-state index contributed by atoms with van der Waals surface area (Å²) in [5.74, 6) is 0.206. The number of ketones is 1. The number of hydrogen-bond acceptors (Lipinski definition) is 2. The second-order valence-corrected chi connectivity index (χ2v) is 3.03. The molecule has 0 saturated heterocycles. The van der Waals surface area contributed by atoms with Crippen LogP contribution in [-0.4, -0.2) is 12.1 Å². The van der Waals surface area contributed by atoms with Crippen LogP contribution in [0.3, 0.4) is 0 Å². The zero-order chi connectivity index (χ0) is 8.27. The van der Waals surface area contributed by atoms with Gasteiger partial charge in [0, 0.05) is 5.92 Å². The van der Waals surface area contributed by atoms with E-state index in [-0.39, 0.29) is 11.7 Å². The van der Waals surface area contributed by atoms with Gasteiger partial charge in [0.2, 0.25) is 0 Å². The summed E-state index contributed by atoms with van der Waals surface area (Å²) in [6.07, 6.45) is 4.91. The molecular formula is C9H12O2. The topological polar surface area (TPSA) is 34.1 Å². The van der Waals surface area contributed by atoms with Crippen molar-refractivity contribution in [2.24, 2.45) is 5.92 Å². The molecule has 0 N–H and O–H groups in total. The normalized spacial score (nSPS) is 25.7. The summed E-state index contributed by atoms with van der Waals surface area (Å²) in [7, 11) is 0. The predicted octanol–water partition coefficient (Wildman–Crippen LogP) is 1.50. The van der Waals surface area contributed by atoms with Gasteiger partial charge in [-0.25, -0.2) is 0 Å². The minimum Gasteiger partial charge on any atom is -0.298 e. The Morgan fingerprint density at radius 3 is 3.00 bits per heavy atom. The van der Waals surface area contributed by atoms with Crippen LogP contribution in [0, 0.1) is 5.92 Å². The largest absolute Gasteiger partial charge is 0.298 e. The van der Waals surface area contributed by atoms with Gasteiger partial charge in [0.1, 0.15) is 6.29 Å². The molecule has 0 bridgehead atoms. The van der Waals surface area contributed by atoms with E-state index in [4.69, 9.17) is 0 Å². The van der Waals surface area contributed by atoms with Gasteiger partial charge in [0.05, 0.1) is 0 Å². The number of rotatable bonds is 1. The second kappa shape index (κ2) is 3.46. The Balaban J connectivity index is 2.75. The van der Waals surface area contributed by atoms with E-state index >= 15 is 0 Å². The summed E-state index contributed by atoms with van der Waals surface area (Å²) >= 11 is 0. The first-order valence-corrected chi connectivity index (χ1v) is 3.93. The van der Waals surface area contributed by atoms with Gasteiger partial charge in [-0.3, -0.25) is 9.59 Å². The zero-order valence-corrected chi connectivity index (χ0v) is 6.67. The molecule has 0 aliphatic heterocycles. The fraction of sp³-hybridized carbons (Fsp3) is 0.556. The summed E-state index contributed by atoms with van der Waals surface area (Å²) in [5.41, 5.74) is 0.652. The molecule has 60 valence electrons. The van der Waals surface area contributed by atoms with E-state index in [0.717, 1.165) is 25.5 Å². The molecule has 0 heterocycles. The van der Waals surface area contributed by atoms with Crippen molar-refractivity contribution in [1.82, 2.24) is 0 Å². The van der Waals surface area contributed by atoms with Crippen molar-refractivity contribution in [1.29, 1.82) is 0 Å². The van der Waals surface area contributed by atoms with E-state index in [0.29, 0.717) is 5.57 Å². The van der Waals surface area contributed by atoms with Crippen molar-refractivity contribution in [3.63, 3.8) is 0 Å². The number of hydrogen-bond donors (Lipinski definition) is 0. The Morgan fingerprint density at radius 1 is 1.64 bits per heavy atom. The lowest BCUT2D eigenvalue weighted by Gasteiger charge is -2.01. The average Bonchev–Trinajstić information content (AvgIpc) is 2.15. The smallest absolute Gasteiger partial charge is 0.158 e. The van der Waals surface area contributed by atoms with E-state index in [1.165, 1.54) is 6.08 Å². The van der Waals surface area contributed by atoms with E-state index in [9.17, 15) is 9.59 Å². The number of aldehydes is 1. The van der Waals surface area contributed by atoms with Crippen LogP contribution in [0.4, 0.5) is 0 Å². The maximum atomic E-state index is 11.1. The van der Waals surface area contributed by atoms with Crippen LogP contribution >= 0.6 is 0 Å². The molecule has 0 aromatic heterocycles. The minimum atomic E-state index is 0.101. The molecule has 0 spiro atoms. The van der Waals surface area contributed by atoms with E-state index in [2.05, 4.69) is 0 Å². The van der Waals surface area contributed by atoms with Crippen molar-refractivity contribution in [3.8, 4) is 0 Å². The fourth-order valence-electron chi connectivity index (χ4n) is 1.24. The highest BCUT2D eigenvalue weighted by Crippen LogP contribution is 2.18. The number of allylic oxidation sites excluding steroid dienone is 2. The van der Waals surface area contributed by atoms with Crippen molar-refractivity contribution < 1.29 is 9.59 Å². The molecule has 0 amide bonds. The maximum Gasteiger partial charge on any atom is 0.158 e. The molecular weight excluding hydrogens is 140 g/mol. The van der Waals surface area contributed by atoms with Crippen molar-refractivity contribution in [2.75, 3.05) is 0 Å². The summed E-state index contributed by atoms with van der Waals surface area (Å²) in [4.78, 5) is 21.5. The van der Waals surface area contributed by atoms with Gasteiger partial charge in [-0.15, -0.1) is 0 Å². The Morgan fingerprint density at radius 2 is 2.36 bits per heavy atom. The molecule has 0 saturated carbocycles. The van der Waals surface area contributed by atoms with Gasteiger partial charge in [-0.1, -0.05) is 6.92 Å². The van der Waals surface area contributed by atoms with Crippen LogP contribution in [0.25, 0.3) is 0 Å². The lowest BCUT2D eigenvalue weighted by atomic mass is 10.0. The zero-order valence-electron chi connectivity index (χ0n) is 6.67. The van der Waals surface area contributed by atoms with Crippen molar-refractivity contribution in [2.45, 2.75) is 26.2 Å². The number of carbonyl (C=O) groups is 2. The SMILES string of the molecule is CC1CCCC(C=O)=CC1=O. The Kier molecular flexibility index (Phi) is 2.58. The molecule has 1 aliphatic rings. The second-order valence-electron chi connectivity index (χ2n) is 3.03. The van der Waals surface area contributed by atoms with E-state index in [1.807, 2.05) is 6.92 Å². The Bertz CT molecular complexity index is 204. The first-order chi connectivity index (χ1) is 5.24. The molecule has 1 rings (SSSR count). The molecule has 2 heteroatoms. The molecule has 0 aromatic rings. The molecule has 1 unspecified atom stereocenters. The van der Waals surface area contributed by atoms with Crippen LogP contribution in [-0.2, 0) is 9.59 Å². The summed E-state index contributed by atoms with van der Waals surface area (Å²) in [6, 6.07) is 0. The van der Waals surface area contributed by atoms with Crippen LogP contribution in [0.2, 0.25) is 0 Å². The molecule has 0 fully saturated rings. The van der Waals surface area contributed by atoms with Gasteiger partial charge >= 0.3 is 0 Å². The highest BCUT2D eigenvalue weighted by Gasteiger charge is 2.14. The molecule has 0 aromatic carbocycles. The molecule has 2 nitrogen and oxygen atoms in total. The van der Waals surface area contributed by atoms with Gasteiger partial charge in [0.15, 0.2) is 5.78 Å². The molecule has 0 radical (unpaired) electrons. The Hall–Kier alpha value is -0.920. The van der Waals surface area contributed by atoms with Crippen LogP contribution in [0.5, 0.6) is 0 Å². The van der Waals surface area contributed by atoms with Gasteiger partial charge < -0.3 is 0 Å². The lowest BCUT2D eigenvalue weighted by molar-refractivity contribution is -0.118. The quantitative estimate of drug-likeness (QED) is 0.533. The fourth-order valence-corrected chi connectivity index (χ4v) is 1.24. The third kappa shape index (κ3) is 2.00. The highest BCUT2D eigenvalue weighted by atomic mass is 16.1. The standard InChI is InChI=1S/C9H12O2/c1-7-3-2-4-8(6-10)5-9(7)11/h5-7H,2-4H2,1H3. The monoisotopic (exact) mass is 152 g/mol. The predicted molar refractivity (Wildman–Crippen MR) is 42.2 cm³/mol. The summed E-state index contributed by atoms with van der Waals surface area (Å²) in [6.45, 7) is 1.91. The first-order valence-electron chi connectivity index (χ1n) is 3.93. The number of carbonyl (C=O) groups excluding carboxylic acids is 2. The molecule has 1 aliphatic carbocycles.